The van der Waals surface area contributed by atoms with Crippen LogP contribution in [0.2, 0.25) is 5.02 Å². The summed E-state index contributed by atoms with van der Waals surface area (Å²) < 4.78 is 0. The van der Waals surface area contributed by atoms with E-state index in [1.54, 1.807) is 0 Å². The third kappa shape index (κ3) is 3.52. The Labute approximate surface area is 218 Å². The highest BCUT2D eigenvalue weighted by molar-refractivity contribution is 8.00. The van der Waals surface area contributed by atoms with Crippen molar-refractivity contribution in [3.05, 3.63) is 120 Å². The average Bonchev–Trinajstić information content (AvgIpc) is 2.90. The minimum Gasteiger partial charge on any atom is -0.308 e. The summed E-state index contributed by atoms with van der Waals surface area (Å²) >= 11 is 10.5. The Morgan fingerprint density at radius 3 is 1.09 bits per heavy atom. The monoisotopic (exact) mass is 506 g/mol. The molecule has 0 spiro atoms. The van der Waals surface area contributed by atoms with E-state index < -0.39 is 0 Å². The first-order chi connectivity index (χ1) is 17.3. The van der Waals surface area contributed by atoms with E-state index in [1.165, 1.54) is 42.3 Å². The van der Waals surface area contributed by atoms with E-state index in [9.17, 15) is 0 Å². The van der Waals surface area contributed by atoms with Gasteiger partial charge in [0.1, 0.15) is 0 Å². The van der Waals surface area contributed by atoms with Crippen LogP contribution in [-0.2, 0) is 0 Å². The average molecular weight is 507 g/mol. The Morgan fingerprint density at radius 2 is 0.743 bits per heavy atom. The van der Waals surface area contributed by atoms with Gasteiger partial charge in [-0.05, 0) is 66.7 Å². The van der Waals surface area contributed by atoms with Crippen LogP contribution in [0.3, 0.4) is 0 Å². The predicted molar refractivity (Wildman–Crippen MR) is 149 cm³/mol. The van der Waals surface area contributed by atoms with E-state index in [4.69, 9.17) is 11.6 Å². The molecule has 2 nitrogen and oxygen atoms in total. The second-order valence-electron chi connectivity index (χ2n) is 8.41. The molecule has 2 heterocycles. The summed E-state index contributed by atoms with van der Waals surface area (Å²) in [5, 5.41) is 0.707. The van der Waals surface area contributed by atoms with E-state index in [1.807, 2.05) is 23.5 Å². The van der Waals surface area contributed by atoms with Gasteiger partial charge < -0.3 is 9.80 Å². The Bertz CT molecular complexity index is 1390. The van der Waals surface area contributed by atoms with Crippen molar-refractivity contribution in [2.75, 3.05) is 9.80 Å². The lowest BCUT2D eigenvalue weighted by Crippen LogP contribution is -2.17. The first-order valence-electron chi connectivity index (χ1n) is 11.4. The largest absolute Gasteiger partial charge is 0.308 e. The molecule has 0 unspecified atom stereocenters. The quantitative estimate of drug-likeness (QED) is 0.230. The fraction of sp³-hybridized carbons (Fsp3) is 0. The molecule has 0 atom stereocenters. The van der Waals surface area contributed by atoms with Gasteiger partial charge in [-0.15, -0.1) is 0 Å². The summed E-state index contributed by atoms with van der Waals surface area (Å²) in [7, 11) is 0. The molecule has 5 aromatic carbocycles. The maximum Gasteiger partial charge on any atom is 0.0601 e. The molecule has 5 heteroatoms. The number of rotatable bonds is 2. The van der Waals surface area contributed by atoms with Crippen LogP contribution in [0.4, 0.5) is 34.1 Å². The van der Waals surface area contributed by atoms with Crippen molar-refractivity contribution in [3.8, 4) is 0 Å². The highest BCUT2D eigenvalue weighted by atomic mass is 35.5. The molecule has 35 heavy (non-hydrogen) atoms. The van der Waals surface area contributed by atoms with Gasteiger partial charge in [-0.2, -0.15) is 0 Å². The third-order valence-corrected chi connectivity index (χ3v) is 8.73. The maximum atomic E-state index is 6.83. The Kier molecular flexibility index (Phi) is 5.05. The lowest BCUT2D eigenvalue weighted by Gasteiger charge is -2.35. The van der Waals surface area contributed by atoms with Gasteiger partial charge in [0.25, 0.3) is 0 Å². The summed E-state index contributed by atoms with van der Waals surface area (Å²) in [5.74, 6) is 0. The molecule has 2 aliphatic heterocycles. The zero-order valence-corrected chi connectivity index (χ0v) is 20.9. The third-order valence-electron chi connectivity index (χ3n) is 6.25. The van der Waals surface area contributed by atoms with E-state index >= 15 is 0 Å². The van der Waals surface area contributed by atoms with Gasteiger partial charge in [0.15, 0.2) is 0 Å². The smallest absolute Gasteiger partial charge is 0.0601 e. The fourth-order valence-electron chi connectivity index (χ4n) is 4.78. The van der Waals surface area contributed by atoms with E-state index in [-0.39, 0.29) is 0 Å². The molecule has 0 aliphatic carbocycles. The number of halogens is 1. The highest BCUT2D eigenvalue weighted by Gasteiger charge is 2.28. The summed E-state index contributed by atoms with van der Waals surface area (Å²) in [4.78, 5) is 9.59. The molecular weight excluding hydrogens is 488 g/mol. The summed E-state index contributed by atoms with van der Waals surface area (Å²) in [6.45, 7) is 0. The number of fused-ring (bicyclic) bond motifs is 4. The lowest BCUT2D eigenvalue weighted by atomic mass is 10.1. The first-order valence-corrected chi connectivity index (χ1v) is 13.4. The summed E-state index contributed by atoms with van der Waals surface area (Å²) in [6, 6.07) is 40.6. The minimum atomic E-state index is 0.707. The molecule has 0 saturated carbocycles. The number of hydrogen-bond acceptors (Lipinski definition) is 4. The molecule has 5 aromatic rings. The van der Waals surface area contributed by atoms with Crippen molar-refractivity contribution in [2.45, 2.75) is 19.6 Å². The van der Waals surface area contributed by atoms with Crippen LogP contribution < -0.4 is 9.80 Å². The number of benzene rings is 5. The van der Waals surface area contributed by atoms with Crippen molar-refractivity contribution >= 4 is 69.2 Å². The molecule has 0 fully saturated rings. The molecule has 0 radical (unpaired) electrons. The predicted octanol–water partition coefficient (Wildman–Crippen LogP) is 10.2. The van der Waals surface area contributed by atoms with Gasteiger partial charge >= 0.3 is 0 Å². The SMILES string of the molecule is Clc1cc(N2c3ccccc3Sc3ccccc32)cc(N2c3ccccc3Sc3ccccc32)c1. The second kappa shape index (κ2) is 8.42. The molecule has 0 saturated heterocycles. The fourth-order valence-corrected chi connectivity index (χ4v) is 7.12. The van der Waals surface area contributed by atoms with Crippen LogP contribution in [0, 0.1) is 0 Å². The number of hydrogen-bond donors (Lipinski definition) is 0. The number of anilines is 6. The summed E-state index contributed by atoms with van der Waals surface area (Å²) in [6.07, 6.45) is 0. The zero-order chi connectivity index (χ0) is 23.4. The van der Waals surface area contributed by atoms with Crippen molar-refractivity contribution in [1.82, 2.24) is 0 Å². The van der Waals surface area contributed by atoms with Crippen LogP contribution >= 0.6 is 35.1 Å². The second-order valence-corrected chi connectivity index (χ2v) is 11.0. The van der Waals surface area contributed by atoms with Gasteiger partial charge in [-0.3, -0.25) is 0 Å². The number of nitrogens with zero attached hydrogens (tertiary/aromatic N) is 2. The molecule has 7 rings (SSSR count). The number of para-hydroxylation sites is 4. The molecule has 0 aromatic heterocycles. The van der Waals surface area contributed by atoms with E-state index in [0.717, 1.165) is 11.4 Å². The van der Waals surface area contributed by atoms with Crippen molar-refractivity contribution in [1.29, 1.82) is 0 Å². The normalized spacial score (nSPS) is 13.5. The van der Waals surface area contributed by atoms with Crippen LogP contribution in [0.25, 0.3) is 0 Å². The van der Waals surface area contributed by atoms with E-state index in [2.05, 4.69) is 125 Å². The molecule has 0 N–H and O–H groups in total. The van der Waals surface area contributed by atoms with Crippen LogP contribution in [0.5, 0.6) is 0 Å². The Balaban J connectivity index is 1.45. The van der Waals surface area contributed by atoms with Crippen molar-refractivity contribution < 1.29 is 0 Å². The standard InChI is InChI=1S/C30H19ClN2S2/c31-20-17-21(32-23-9-1-5-13-27(23)34-28-14-6-2-10-24(28)32)19-22(18-20)33-25-11-3-7-15-29(25)35-30-16-8-4-12-26(30)33/h1-19H. The molecule has 168 valence electrons. The van der Waals surface area contributed by atoms with Gasteiger partial charge in [0.05, 0.1) is 22.7 Å². The topological polar surface area (TPSA) is 6.48 Å². The van der Waals surface area contributed by atoms with Crippen molar-refractivity contribution in [2.24, 2.45) is 0 Å². The van der Waals surface area contributed by atoms with Crippen LogP contribution in [0.1, 0.15) is 0 Å². The Hall–Kier alpha value is -3.31. The van der Waals surface area contributed by atoms with Gasteiger partial charge in [-0.25, -0.2) is 0 Å². The van der Waals surface area contributed by atoms with E-state index in [0.29, 0.717) is 5.02 Å². The molecule has 0 amide bonds. The molecule has 0 bridgehead atoms. The van der Waals surface area contributed by atoms with Crippen LogP contribution in [-0.4, -0.2) is 0 Å². The van der Waals surface area contributed by atoms with Gasteiger partial charge in [0.2, 0.25) is 0 Å². The molecular formula is C30H19ClN2S2. The summed E-state index contributed by atoms with van der Waals surface area (Å²) in [5.41, 5.74) is 6.75. The first kappa shape index (κ1) is 21.0. The van der Waals surface area contributed by atoms with Crippen molar-refractivity contribution in [3.63, 3.8) is 0 Å². The van der Waals surface area contributed by atoms with Gasteiger partial charge in [-0.1, -0.05) is 83.7 Å². The lowest BCUT2D eigenvalue weighted by molar-refractivity contribution is 1.14. The minimum absolute atomic E-state index is 0.707. The Morgan fingerprint density at radius 1 is 0.429 bits per heavy atom. The highest BCUT2D eigenvalue weighted by Crippen LogP contribution is 2.54. The molecule has 2 aliphatic rings. The van der Waals surface area contributed by atoms with Gasteiger partial charge in [0, 0.05) is 36.0 Å². The van der Waals surface area contributed by atoms with Crippen LogP contribution in [0.15, 0.2) is 135 Å². The maximum absolute atomic E-state index is 6.83. The zero-order valence-electron chi connectivity index (χ0n) is 18.6.